The van der Waals surface area contributed by atoms with E-state index < -0.39 is 11.8 Å². The summed E-state index contributed by atoms with van der Waals surface area (Å²) in [6, 6.07) is 10.4. The minimum Gasteiger partial charge on any atom is -0.361 e. The fraction of sp³-hybridized carbons (Fsp3) is 0.348. The highest BCUT2D eigenvalue weighted by Gasteiger charge is 2.27. The molecule has 2 aromatic heterocycles. The van der Waals surface area contributed by atoms with E-state index in [0.29, 0.717) is 6.54 Å². The number of fused-ring (bicyclic) bond motifs is 2. The SMILES string of the molecule is NC(=O)C(=O)N1CCc2cc(CCN3CCN(c4cc5cc[nH]c5cn4)CC3)ccc21. The molecule has 1 aromatic carbocycles. The van der Waals surface area contributed by atoms with Gasteiger partial charge in [-0.05, 0) is 42.2 Å². The molecule has 31 heavy (non-hydrogen) atoms. The predicted octanol–water partition coefficient (Wildman–Crippen LogP) is 1.30. The number of hydrogen-bond acceptors (Lipinski definition) is 5. The number of H-pyrrole nitrogens is 1. The van der Waals surface area contributed by atoms with Gasteiger partial charge in [0.15, 0.2) is 0 Å². The second-order valence-electron chi connectivity index (χ2n) is 8.22. The van der Waals surface area contributed by atoms with Crippen molar-refractivity contribution in [2.24, 2.45) is 5.73 Å². The Kier molecular flexibility index (Phi) is 5.07. The second kappa shape index (κ2) is 8.03. The molecule has 3 N–H and O–H groups in total. The smallest absolute Gasteiger partial charge is 0.316 e. The maximum absolute atomic E-state index is 11.9. The van der Waals surface area contributed by atoms with E-state index in [2.05, 4.69) is 44.0 Å². The molecule has 0 spiro atoms. The summed E-state index contributed by atoms with van der Waals surface area (Å²) >= 11 is 0. The summed E-state index contributed by atoms with van der Waals surface area (Å²) in [4.78, 5) is 37.3. The van der Waals surface area contributed by atoms with Crippen molar-refractivity contribution in [3.8, 4) is 0 Å². The standard InChI is InChI=1S/C23H26N6O2/c24-22(30)23(31)29-8-5-18-13-16(1-2-20(18)29)4-7-27-9-11-28(12-10-27)21-14-17-3-6-25-19(17)15-26-21/h1-3,6,13-15,25H,4-5,7-12H2,(H2,24,30). The van der Waals surface area contributed by atoms with Gasteiger partial charge in [0.05, 0.1) is 11.7 Å². The van der Waals surface area contributed by atoms with Crippen LogP contribution in [0.3, 0.4) is 0 Å². The quantitative estimate of drug-likeness (QED) is 0.623. The van der Waals surface area contributed by atoms with Crippen LogP contribution in [0.1, 0.15) is 11.1 Å². The van der Waals surface area contributed by atoms with Gasteiger partial charge in [-0.15, -0.1) is 0 Å². The molecule has 1 fully saturated rings. The number of carbonyl (C=O) groups excluding carboxylic acids is 2. The molecule has 3 aromatic rings. The zero-order chi connectivity index (χ0) is 21.4. The van der Waals surface area contributed by atoms with Gasteiger partial charge >= 0.3 is 11.8 Å². The number of nitrogens with one attached hydrogen (secondary N) is 1. The summed E-state index contributed by atoms with van der Waals surface area (Å²) in [5.41, 5.74) is 9.41. The fourth-order valence-electron chi connectivity index (χ4n) is 4.55. The molecule has 4 heterocycles. The number of benzene rings is 1. The number of aromatic nitrogens is 2. The molecule has 2 aliphatic heterocycles. The number of pyridine rings is 1. The van der Waals surface area contributed by atoms with Gasteiger partial charge in [0.1, 0.15) is 5.82 Å². The highest BCUT2D eigenvalue weighted by molar-refractivity contribution is 6.40. The van der Waals surface area contributed by atoms with Crippen LogP contribution in [0.25, 0.3) is 10.9 Å². The maximum Gasteiger partial charge on any atom is 0.316 e. The molecule has 5 rings (SSSR count). The molecule has 0 aliphatic carbocycles. The van der Waals surface area contributed by atoms with E-state index in [1.54, 1.807) is 0 Å². The molecular formula is C23H26N6O2. The van der Waals surface area contributed by atoms with Crippen LogP contribution in [-0.2, 0) is 22.4 Å². The molecule has 8 nitrogen and oxygen atoms in total. The Morgan fingerprint density at radius 3 is 2.71 bits per heavy atom. The summed E-state index contributed by atoms with van der Waals surface area (Å²) in [7, 11) is 0. The topological polar surface area (TPSA) is 98.6 Å². The van der Waals surface area contributed by atoms with Crippen molar-refractivity contribution in [2.45, 2.75) is 12.8 Å². The number of nitrogens with two attached hydrogens (primary N) is 1. The number of nitrogens with zero attached hydrogens (tertiary/aromatic N) is 4. The Bertz CT molecular complexity index is 1130. The summed E-state index contributed by atoms with van der Waals surface area (Å²) in [6.45, 7) is 5.48. The number of anilines is 2. The largest absolute Gasteiger partial charge is 0.361 e. The van der Waals surface area contributed by atoms with Crippen molar-refractivity contribution < 1.29 is 9.59 Å². The van der Waals surface area contributed by atoms with Crippen LogP contribution in [0, 0.1) is 0 Å². The molecule has 2 amide bonds. The average molecular weight is 419 g/mol. The lowest BCUT2D eigenvalue weighted by atomic mass is 10.1. The molecule has 0 bridgehead atoms. The van der Waals surface area contributed by atoms with Crippen LogP contribution in [0.4, 0.5) is 11.5 Å². The van der Waals surface area contributed by atoms with Gasteiger partial charge in [-0.3, -0.25) is 14.5 Å². The first-order valence-corrected chi connectivity index (χ1v) is 10.7. The molecule has 0 saturated carbocycles. The molecule has 1 saturated heterocycles. The number of primary amides is 1. The highest BCUT2D eigenvalue weighted by atomic mass is 16.2. The number of aromatic amines is 1. The minimum absolute atomic E-state index is 0.519. The van der Waals surface area contributed by atoms with Crippen molar-refractivity contribution in [1.29, 1.82) is 0 Å². The summed E-state index contributed by atoms with van der Waals surface area (Å²) in [5.74, 6) is -0.491. The van der Waals surface area contributed by atoms with Gasteiger partial charge in [0, 0.05) is 56.5 Å². The van der Waals surface area contributed by atoms with Crippen molar-refractivity contribution in [1.82, 2.24) is 14.9 Å². The Hall–Kier alpha value is -3.39. The first-order chi connectivity index (χ1) is 15.1. The lowest BCUT2D eigenvalue weighted by molar-refractivity contribution is -0.135. The van der Waals surface area contributed by atoms with Gasteiger partial charge in [-0.2, -0.15) is 0 Å². The van der Waals surface area contributed by atoms with Crippen molar-refractivity contribution in [3.05, 3.63) is 53.9 Å². The van der Waals surface area contributed by atoms with Crippen LogP contribution in [0.5, 0.6) is 0 Å². The van der Waals surface area contributed by atoms with Crippen LogP contribution < -0.4 is 15.5 Å². The Morgan fingerprint density at radius 2 is 1.90 bits per heavy atom. The van der Waals surface area contributed by atoms with Gasteiger partial charge in [0.25, 0.3) is 0 Å². The highest BCUT2D eigenvalue weighted by Crippen LogP contribution is 2.29. The zero-order valence-corrected chi connectivity index (χ0v) is 17.4. The third-order valence-electron chi connectivity index (χ3n) is 6.33. The molecular weight excluding hydrogens is 392 g/mol. The van der Waals surface area contributed by atoms with Gasteiger partial charge in [-0.25, -0.2) is 4.98 Å². The van der Waals surface area contributed by atoms with Crippen molar-refractivity contribution in [2.75, 3.05) is 49.1 Å². The minimum atomic E-state index is -0.903. The molecule has 0 atom stereocenters. The third kappa shape index (κ3) is 3.86. The second-order valence-corrected chi connectivity index (χ2v) is 8.22. The summed E-state index contributed by atoms with van der Waals surface area (Å²) in [6.07, 6.45) is 5.58. The number of piperazine rings is 1. The van der Waals surface area contributed by atoms with E-state index >= 15 is 0 Å². The number of rotatable bonds is 4. The van der Waals surface area contributed by atoms with Gasteiger partial charge < -0.3 is 20.5 Å². The maximum atomic E-state index is 11.9. The zero-order valence-electron chi connectivity index (χ0n) is 17.4. The summed E-state index contributed by atoms with van der Waals surface area (Å²) < 4.78 is 0. The molecule has 2 aliphatic rings. The third-order valence-corrected chi connectivity index (χ3v) is 6.33. The van der Waals surface area contributed by atoms with E-state index in [9.17, 15) is 9.59 Å². The lowest BCUT2D eigenvalue weighted by Crippen LogP contribution is -2.47. The number of hydrogen-bond donors (Lipinski definition) is 2. The molecule has 0 radical (unpaired) electrons. The molecule has 160 valence electrons. The van der Waals surface area contributed by atoms with E-state index in [0.717, 1.165) is 68.2 Å². The van der Waals surface area contributed by atoms with E-state index in [1.165, 1.54) is 15.8 Å². The average Bonchev–Trinajstić information content (AvgIpc) is 3.43. The number of amides is 2. The lowest BCUT2D eigenvalue weighted by Gasteiger charge is -2.35. The van der Waals surface area contributed by atoms with E-state index in [1.807, 2.05) is 18.5 Å². The Balaban J connectivity index is 1.16. The Labute approximate surface area is 180 Å². The first kappa shape index (κ1) is 19.6. The summed E-state index contributed by atoms with van der Waals surface area (Å²) in [5, 5.41) is 1.19. The number of carbonyl (C=O) groups is 2. The van der Waals surface area contributed by atoms with E-state index in [-0.39, 0.29) is 0 Å². The van der Waals surface area contributed by atoms with Crippen molar-refractivity contribution in [3.63, 3.8) is 0 Å². The van der Waals surface area contributed by atoms with Crippen LogP contribution in [0.15, 0.2) is 42.7 Å². The van der Waals surface area contributed by atoms with Crippen molar-refractivity contribution >= 4 is 34.2 Å². The monoisotopic (exact) mass is 418 g/mol. The van der Waals surface area contributed by atoms with Crippen LogP contribution in [-0.4, -0.2) is 66.0 Å². The van der Waals surface area contributed by atoms with E-state index in [4.69, 9.17) is 5.73 Å². The Morgan fingerprint density at radius 1 is 1.06 bits per heavy atom. The molecule has 0 unspecified atom stereocenters. The normalized spacial score (nSPS) is 16.6. The first-order valence-electron chi connectivity index (χ1n) is 10.7. The fourth-order valence-corrected chi connectivity index (χ4v) is 4.55. The van der Waals surface area contributed by atoms with Crippen LogP contribution >= 0.6 is 0 Å². The van der Waals surface area contributed by atoms with Crippen LogP contribution in [0.2, 0.25) is 0 Å². The predicted molar refractivity (Wildman–Crippen MR) is 120 cm³/mol. The van der Waals surface area contributed by atoms with Gasteiger partial charge in [0.2, 0.25) is 0 Å². The molecule has 8 heteroatoms. The van der Waals surface area contributed by atoms with Gasteiger partial charge in [-0.1, -0.05) is 12.1 Å².